The molecule has 5 rings (SSSR count). The van der Waals surface area contributed by atoms with Gasteiger partial charge in [-0.1, -0.05) is 12.1 Å². The minimum Gasteiger partial charge on any atom is -0.490 e. The Balaban J connectivity index is 1.58. The smallest absolute Gasteiger partial charge is 0.328 e. The van der Waals surface area contributed by atoms with Crippen molar-refractivity contribution in [2.75, 3.05) is 17.2 Å². The summed E-state index contributed by atoms with van der Waals surface area (Å²) in [7, 11) is 5.17. The second-order valence-electron chi connectivity index (χ2n) is 7.35. The van der Waals surface area contributed by atoms with Gasteiger partial charge in [0.25, 0.3) is 0 Å². The molecule has 0 aliphatic carbocycles. The number of halogens is 2. The maximum Gasteiger partial charge on any atom is 0.328 e. The summed E-state index contributed by atoms with van der Waals surface area (Å²) in [4.78, 5) is 35.3. The molecule has 12 heteroatoms. The molecule has 9 nitrogen and oxygen atoms in total. The molecule has 0 bridgehead atoms. The van der Waals surface area contributed by atoms with Crippen LogP contribution in [0.5, 0.6) is 5.75 Å². The van der Waals surface area contributed by atoms with Gasteiger partial charge in [0.2, 0.25) is 13.8 Å². The number of fused-ring (bicyclic) bond motifs is 2. The van der Waals surface area contributed by atoms with Crippen LogP contribution in [0.15, 0.2) is 47.4 Å². The highest BCUT2D eigenvalue weighted by Gasteiger charge is 2.28. The fourth-order valence-electron chi connectivity index (χ4n) is 3.88. The summed E-state index contributed by atoms with van der Waals surface area (Å²) in [5, 5.41) is 5.22. The molecule has 0 spiro atoms. The number of para-hydroxylation sites is 1. The van der Waals surface area contributed by atoms with Crippen molar-refractivity contribution in [2.45, 2.75) is 12.5 Å². The van der Waals surface area contributed by atoms with Gasteiger partial charge in [0.05, 0.1) is 30.2 Å². The summed E-state index contributed by atoms with van der Waals surface area (Å²) in [6.07, 6.45) is 1.82. The highest BCUT2D eigenvalue weighted by molar-refractivity contribution is 6.60. The van der Waals surface area contributed by atoms with Gasteiger partial charge in [0, 0.05) is 12.0 Å². The molecule has 164 valence electrons. The Morgan fingerprint density at radius 3 is 2.91 bits per heavy atom. The lowest BCUT2D eigenvalue weighted by Crippen LogP contribution is -2.28. The molecule has 33 heavy (non-hydrogen) atoms. The number of amides is 1. The Hall–Kier alpha value is -4.22. The van der Waals surface area contributed by atoms with E-state index >= 15 is 0 Å². The van der Waals surface area contributed by atoms with Crippen LogP contribution in [0.1, 0.15) is 18.0 Å². The average Bonchev–Trinajstić information content (AvgIpc) is 3.10. The standard InChI is InChI=1S/C21H15BF2N6O3/c22-19(31)26-13-5-4-10(23)8-14(13)27-20-25-9-15-18(29-20)30(21(32)28-15)16-6-7-33-17-11(16)2-1-3-12(17)24/h1-5,8-9,16H,6-7H2,(H,26,31)(H,28,32)(H,25,27,29). The van der Waals surface area contributed by atoms with Crippen LogP contribution in [0.2, 0.25) is 0 Å². The van der Waals surface area contributed by atoms with E-state index < -0.39 is 29.2 Å². The van der Waals surface area contributed by atoms with Crippen LogP contribution in [0, 0.1) is 11.6 Å². The van der Waals surface area contributed by atoms with Gasteiger partial charge in [0.15, 0.2) is 23.0 Å². The summed E-state index contributed by atoms with van der Waals surface area (Å²) in [6.45, 7) is 0.222. The minimum absolute atomic E-state index is 0.0416. The number of carbonyl (C=O) groups is 1. The molecule has 4 aromatic rings. The molecule has 2 aromatic carbocycles. The number of hydrogen-bond donors (Lipinski definition) is 3. The second kappa shape index (κ2) is 8.04. The van der Waals surface area contributed by atoms with Gasteiger partial charge in [-0.2, -0.15) is 4.98 Å². The molecule has 1 aliphatic heterocycles. The fraction of sp³-hybridized carbons (Fsp3) is 0.143. The van der Waals surface area contributed by atoms with E-state index in [1.807, 2.05) is 0 Å². The molecular formula is C21H15BF2N6O3. The van der Waals surface area contributed by atoms with Crippen molar-refractivity contribution in [3.8, 4) is 5.75 Å². The predicted molar refractivity (Wildman–Crippen MR) is 117 cm³/mol. The highest BCUT2D eigenvalue weighted by Crippen LogP contribution is 2.37. The molecule has 1 amide bonds. The SMILES string of the molecule is [B]C(=O)Nc1ccc(F)cc1Nc1ncc2[nH]c(=O)n(C3CCOc4c(F)cccc43)c2n1. The Labute approximate surface area is 186 Å². The van der Waals surface area contributed by atoms with E-state index in [0.29, 0.717) is 17.5 Å². The molecule has 3 N–H and O–H groups in total. The van der Waals surface area contributed by atoms with Crippen molar-refractivity contribution in [2.24, 2.45) is 0 Å². The lowest BCUT2D eigenvalue weighted by atomic mass is 10.00. The Morgan fingerprint density at radius 1 is 1.24 bits per heavy atom. The number of aromatic amines is 1. The predicted octanol–water partition coefficient (Wildman–Crippen LogP) is 3.21. The number of benzene rings is 2. The van der Waals surface area contributed by atoms with E-state index in [2.05, 4.69) is 25.6 Å². The van der Waals surface area contributed by atoms with Crippen LogP contribution in [-0.2, 0) is 0 Å². The number of imidazole rings is 1. The molecule has 3 heterocycles. The number of aromatic nitrogens is 4. The summed E-state index contributed by atoms with van der Waals surface area (Å²) in [5.41, 5.74) is 1.09. The van der Waals surface area contributed by atoms with Gasteiger partial charge in [-0.15, -0.1) is 0 Å². The summed E-state index contributed by atoms with van der Waals surface area (Å²) in [6, 6.07) is 7.65. The maximum atomic E-state index is 14.2. The molecule has 1 aliphatic rings. The number of H-pyrrole nitrogens is 1. The zero-order chi connectivity index (χ0) is 23.1. The van der Waals surface area contributed by atoms with Crippen LogP contribution in [0.4, 0.5) is 30.9 Å². The van der Waals surface area contributed by atoms with E-state index in [9.17, 15) is 18.4 Å². The van der Waals surface area contributed by atoms with E-state index in [1.165, 1.54) is 22.9 Å². The quantitative estimate of drug-likeness (QED) is 0.414. The van der Waals surface area contributed by atoms with Crippen molar-refractivity contribution in [1.82, 2.24) is 19.5 Å². The van der Waals surface area contributed by atoms with Crippen LogP contribution >= 0.6 is 0 Å². The number of hydrogen-bond acceptors (Lipinski definition) is 6. The lowest BCUT2D eigenvalue weighted by Gasteiger charge is -2.26. The number of nitrogens with zero attached hydrogens (tertiary/aromatic N) is 3. The van der Waals surface area contributed by atoms with E-state index in [0.717, 1.165) is 12.1 Å². The van der Waals surface area contributed by atoms with Crippen molar-refractivity contribution < 1.29 is 18.3 Å². The first-order chi connectivity index (χ1) is 15.9. The van der Waals surface area contributed by atoms with Gasteiger partial charge in [-0.3, -0.25) is 9.36 Å². The van der Waals surface area contributed by atoms with Crippen molar-refractivity contribution in [1.29, 1.82) is 0 Å². The first kappa shape index (κ1) is 20.7. The third-order valence-corrected chi connectivity index (χ3v) is 5.25. The monoisotopic (exact) mass is 448 g/mol. The minimum atomic E-state index is -0.828. The maximum absolute atomic E-state index is 14.2. The zero-order valence-corrected chi connectivity index (χ0v) is 16.9. The van der Waals surface area contributed by atoms with Gasteiger partial charge in [-0.05, 0) is 24.3 Å². The van der Waals surface area contributed by atoms with E-state index in [1.54, 1.807) is 12.1 Å². The molecule has 2 radical (unpaired) electrons. The molecule has 1 unspecified atom stereocenters. The van der Waals surface area contributed by atoms with Gasteiger partial charge in [0.1, 0.15) is 11.3 Å². The number of rotatable bonds is 4. The Kier molecular flexibility index (Phi) is 5.04. The number of anilines is 3. The molecule has 1 atom stereocenters. The van der Waals surface area contributed by atoms with Crippen molar-refractivity contribution in [3.05, 3.63) is 70.3 Å². The average molecular weight is 448 g/mol. The van der Waals surface area contributed by atoms with Gasteiger partial charge >= 0.3 is 5.69 Å². The first-order valence-corrected chi connectivity index (χ1v) is 9.92. The zero-order valence-electron chi connectivity index (χ0n) is 16.9. The second-order valence-corrected chi connectivity index (χ2v) is 7.35. The third-order valence-electron chi connectivity index (χ3n) is 5.25. The molecular weight excluding hydrogens is 433 g/mol. The molecule has 2 aromatic heterocycles. The number of ether oxygens (including phenoxy) is 1. The van der Waals surface area contributed by atoms with Crippen LogP contribution < -0.4 is 21.1 Å². The Bertz CT molecular complexity index is 1450. The fourth-order valence-corrected chi connectivity index (χ4v) is 3.88. The summed E-state index contributed by atoms with van der Waals surface area (Å²) < 4.78 is 34.9. The third kappa shape index (κ3) is 3.79. The summed E-state index contributed by atoms with van der Waals surface area (Å²) in [5.74, 6) is -1.76. The largest absolute Gasteiger partial charge is 0.490 e. The Morgan fingerprint density at radius 2 is 2.09 bits per heavy atom. The van der Waals surface area contributed by atoms with E-state index in [-0.39, 0.29) is 35.3 Å². The molecule has 0 saturated carbocycles. The summed E-state index contributed by atoms with van der Waals surface area (Å²) >= 11 is 0. The topological polar surface area (TPSA) is 114 Å². The van der Waals surface area contributed by atoms with Crippen molar-refractivity contribution >= 4 is 42.1 Å². The number of nitrogens with one attached hydrogen (secondary N) is 3. The van der Waals surface area contributed by atoms with Crippen LogP contribution in [-0.4, -0.2) is 39.8 Å². The van der Waals surface area contributed by atoms with Crippen LogP contribution in [0.25, 0.3) is 11.2 Å². The lowest BCUT2D eigenvalue weighted by molar-refractivity contribution is 0.244. The van der Waals surface area contributed by atoms with E-state index in [4.69, 9.17) is 12.6 Å². The highest BCUT2D eigenvalue weighted by atomic mass is 19.1. The van der Waals surface area contributed by atoms with Crippen LogP contribution in [0.3, 0.4) is 0 Å². The van der Waals surface area contributed by atoms with Gasteiger partial charge in [-0.25, -0.2) is 18.6 Å². The molecule has 0 fully saturated rings. The normalized spacial score (nSPS) is 15.0. The van der Waals surface area contributed by atoms with Gasteiger partial charge < -0.3 is 20.4 Å². The number of carbonyl (C=O) groups excluding carboxylic acids is 1. The first-order valence-electron chi connectivity index (χ1n) is 9.92. The molecule has 0 saturated heterocycles. The van der Waals surface area contributed by atoms with Crippen molar-refractivity contribution in [3.63, 3.8) is 0 Å².